The van der Waals surface area contributed by atoms with Crippen LogP contribution in [0.3, 0.4) is 0 Å². The third-order valence-electron chi connectivity index (χ3n) is 4.97. The molecule has 6 nitrogen and oxygen atoms in total. The average Bonchev–Trinajstić information content (AvgIpc) is 3.19. The summed E-state index contributed by atoms with van der Waals surface area (Å²) in [7, 11) is 1.64. The molecule has 0 aliphatic carbocycles. The van der Waals surface area contributed by atoms with Gasteiger partial charge in [0.15, 0.2) is 11.5 Å². The quantitative estimate of drug-likeness (QED) is 0.848. The topological polar surface area (TPSA) is 54.0 Å². The molecule has 1 aromatic carbocycles. The van der Waals surface area contributed by atoms with Crippen LogP contribution in [0.2, 0.25) is 0 Å². The minimum absolute atomic E-state index is 0.214. The lowest BCUT2D eigenvalue weighted by Crippen LogP contribution is -2.49. The lowest BCUT2D eigenvalue weighted by atomic mass is 10.0. The van der Waals surface area contributed by atoms with Crippen LogP contribution in [-0.2, 0) is 4.79 Å². The van der Waals surface area contributed by atoms with Gasteiger partial charge in [0.25, 0.3) is 0 Å². The van der Waals surface area contributed by atoms with Crippen molar-refractivity contribution >= 4 is 5.91 Å². The molecule has 3 rings (SSSR count). The van der Waals surface area contributed by atoms with Gasteiger partial charge in [-0.3, -0.25) is 9.69 Å². The number of hydrogen-bond acceptors (Lipinski definition) is 5. The van der Waals surface area contributed by atoms with Gasteiger partial charge in [-0.1, -0.05) is 6.07 Å². The number of methoxy groups -OCH3 is 1. The zero-order valence-electron chi connectivity index (χ0n) is 15.3. The summed E-state index contributed by atoms with van der Waals surface area (Å²) in [6.07, 6.45) is 2.21. The summed E-state index contributed by atoms with van der Waals surface area (Å²) in [5.74, 6) is 1.63. The van der Waals surface area contributed by atoms with E-state index in [1.165, 1.54) is 0 Å². The van der Waals surface area contributed by atoms with E-state index in [4.69, 9.17) is 9.47 Å². The Hall–Kier alpha value is -1.79. The highest BCUT2D eigenvalue weighted by Crippen LogP contribution is 2.33. The van der Waals surface area contributed by atoms with E-state index in [2.05, 4.69) is 10.2 Å². The van der Waals surface area contributed by atoms with Gasteiger partial charge in [0.1, 0.15) is 6.04 Å². The third kappa shape index (κ3) is 4.07. The molecule has 1 N–H and O–H groups in total. The van der Waals surface area contributed by atoms with Crippen LogP contribution in [0.1, 0.15) is 31.4 Å². The predicted octanol–water partition coefficient (Wildman–Crippen LogP) is 1.66. The summed E-state index contributed by atoms with van der Waals surface area (Å²) < 4.78 is 11.1. The molecule has 2 saturated heterocycles. The van der Waals surface area contributed by atoms with E-state index in [0.717, 1.165) is 63.4 Å². The highest BCUT2D eigenvalue weighted by molar-refractivity contribution is 5.84. The number of hydrogen-bond donors (Lipinski definition) is 1. The molecular weight excluding hydrogens is 318 g/mol. The Morgan fingerprint density at radius 3 is 2.52 bits per heavy atom. The number of ether oxygens (including phenoxy) is 2. The van der Waals surface area contributed by atoms with E-state index in [-0.39, 0.29) is 11.9 Å². The second kappa shape index (κ2) is 8.54. The maximum absolute atomic E-state index is 13.2. The van der Waals surface area contributed by atoms with E-state index >= 15 is 0 Å². The number of carbonyl (C=O) groups excluding carboxylic acids is 1. The van der Waals surface area contributed by atoms with Crippen LogP contribution in [0, 0.1) is 0 Å². The van der Waals surface area contributed by atoms with Crippen LogP contribution in [0.25, 0.3) is 0 Å². The van der Waals surface area contributed by atoms with Gasteiger partial charge < -0.3 is 19.7 Å². The van der Waals surface area contributed by atoms with Gasteiger partial charge in [-0.05, 0) is 37.5 Å². The number of likely N-dealkylation sites (tertiary alicyclic amines) is 1. The van der Waals surface area contributed by atoms with Crippen molar-refractivity contribution in [3.05, 3.63) is 23.8 Å². The Morgan fingerprint density at radius 2 is 1.88 bits per heavy atom. The number of nitrogens with one attached hydrogen (secondary N) is 1. The fourth-order valence-corrected chi connectivity index (χ4v) is 3.69. The molecule has 1 unspecified atom stereocenters. The van der Waals surface area contributed by atoms with Gasteiger partial charge in [-0.2, -0.15) is 0 Å². The normalized spacial score (nSPS) is 19.7. The second-order valence-corrected chi connectivity index (χ2v) is 6.56. The van der Waals surface area contributed by atoms with Gasteiger partial charge in [0, 0.05) is 39.3 Å². The molecule has 2 aliphatic rings. The molecule has 2 heterocycles. The van der Waals surface area contributed by atoms with Crippen molar-refractivity contribution in [1.82, 2.24) is 15.1 Å². The van der Waals surface area contributed by atoms with Crippen LogP contribution in [0.4, 0.5) is 0 Å². The van der Waals surface area contributed by atoms with Crippen LogP contribution in [0.15, 0.2) is 18.2 Å². The first-order valence-electron chi connectivity index (χ1n) is 9.29. The zero-order valence-corrected chi connectivity index (χ0v) is 15.3. The first-order valence-corrected chi connectivity index (χ1v) is 9.29. The van der Waals surface area contributed by atoms with Crippen molar-refractivity contribution in [2.45, 2.75) is 25.8 Å². The number of piperazine rings is 1. The summed E-state index contributed by atoms with van der Waals surface area (Å²) in [4.78, 5) is 17.5. The Kier molecular flexibility index (Phi) is 6.15. The molecule has 0 saturated carbocycles. The fourth-order valence-electron chi connectivity index (χ4n) is 3.69. The zero-order chi connectivity index (χ0) is 17.6. The summed E-state index contributed by atoms with van der Waals surface area (Å²) in [6.45, 7) is 7.86. The third-order valence-corrected chi connectivity index (χ3v) is 4.97. The Bertz CT molecular complexity index is 581. The lowest BCUT2D eigenvalue weighted by Gasteiger charge is -2.36. The standard InChI is InChI=1S/C19H29N3O3/c1-3-25-16-7-6-15(14-17(16)24-2)18(21-12-8-20-9-13-21)19(23)22-10-4-5-11-22/h6-7,14,18,20H,3-5,8-13H2,1-2H3. The maximum Gasteiger partial charge on any atom is 0.244 e. The van der Waals surface area contributed by atoms with Gasteiger partial charge in [-0.25, -0.2) is 0 Å². The lowest BCUT2D eigenvalue weighted by molar-refractivity contribution is -0.136. The molecule has 1 aromatic rings. The minimum Gasteiger partial charge on any atom is -0.493 e. The Morgan fingerprint density at radius 1 is 1.16 bits per heavy atom. The van der Waals surface area contributed by atoms with Crippen molar-refractivity contribution in [3.63, 3.8) is 0 Å². The van der Waals surface area contributed by atoms with E-state index in [0.29, 0.717) is 12.4 Å². The molecule has 6 heteroatoms. The fraction of sp³-hybridized carbons (Fsp3) is 0.632. The predicted molar refractivity (Wildman–Crippen MR) is 97.2 cm³/mol. The van der Waals surface area contributed by atoms with Crippen LogP contribution < -0.4 is 14.8 Å². The molecular formula is C19H29N3O3. The van der Waals surface area contributed by atoms with E-state index in [1.807, 2.05) is 30.0 Å². The van der Waals surface area contributed by atoms with Crippen molar-refractivity contribution in [3.8, 4) is 11.5 Å². The number of carbonyl (C=O) groups is 1. The molecule has 0 bridgehead atoms. The molecule has 0 radical (unpaired) electrons. The first kappa shape index (κ1) is 18.0. The molecule has 138 valence electrons. The van der Waals surface area contributed by atoms with Gasteiger partial charge in [0.2, 0.25) is 5.91 Å². The summed E-state index contributed by atoms with van der Waals surface area (Å²) in [6, 6.07) is 5.65. The average molecular weight is 347 g/mol. The molecule has 2 fully saturated rings. The number of benzene rings is 1. The van der Waals surface area contributed by atoms with E-state index in [1.54, 1.807) is 7.11 Å². The van der Waals surface area contributed by atoms with Crippen molar-refractivity contribution in [2.75, 3.05) is 53.0 Å². The largest absolute Gasteiger partial charge is 0.493 e. The maximum atomic E-state index is 13.2. The molecule has 25 heavy (non-hydrogen) atoms. The first-order chi connectivity index (χ1) is 12.2. The van der Waals surface area contributed by atoms with Crippen molar-refractivity contribution in [2.24, 2.45) is 0 Å². The van der Waals surface area contributed by atoms with Crippen molar-refractivity contribution in [1.29, 1.82) is 0 Å². The van der Waals surface area contributed by atoms with E-state index in [9.17, 15) is 4.79 Å². The van der Waals surface area contributed by atoms with Crippen LogP contribution in [-0.4, -0.2) is 68.7 Å². The highest BCUT2D eigenvalue weighted by atomic mass is 16.5. The Labute approximate surface area is 150 Å². The monoisotopic (exact) mass is 347 g/mol. The Balaban J connectivity index is 1.91. The molecule has 1 atom stereocenters. The molecule has 2 aliphatic heterocycles. The van der Waals surface area contributed by atoms with Gasteiger partial charge in [-0.15, -0.1) is 0 Å². The van der Waals surface area contributed by atoms with Crippen molar-refractivity contribution < 1.29 is 14.3 Å². The van der Waals surface area contributed by atoms with Gasteiger partial charge >= 0.3 is 0 Å². The SMILES string of the molecule is CCOc1ccc(C(C(=O)N2CCCC2)N2CCNCC2)cc1OC. The summed E-state index contributed by atoms with van der Waals surface area (Å²) >= 11 is 0. The molecule has 1 amide bonds. The van der Waals surface area contributed by atoms with Gasteiger partial charge in [0.05, 0.1) is 13.7 Å². The van der Waals surface area contributed by atoms with Crippen LogP contribution >= 0.6 is 0 Å². The number of rotatable bonds is 6. The number of nitrogens with zero attached hydrogens (tertiary/aromatic N) is 2. The molecule has 0 spiro atoms. The smallest absolute Gasteiger partial charge is 0.244 e. The van der Waals surface area contributed by atoms with Crippen LogP contribution in [0.5, 0.6) is 11.5 Å². The molecule has 0 aromatic heterocycles. The van der Waals surface area contributed by atoms with E-state index < -0.39 is 0 Å². The summed E-state index contributed by atoms with van der Waals surface area (Å²) in [5, 5.41) is 3.37. The highest BCUT2D eigenvalue weighted by Gasteiger charge is 2.33. The minimum atomic E-state index is -0.246. The number of amides is 1. The summed E-state index contributed by atoms with van der Waals surface area (Å²) in [5.41, 5.74) is 0.985. The second-order valence-electron chi connectivity index (χ2n) is 6.56.